The van der Waals surface area contributed by atoms with Gasteiger partial charge in [0.15, 0.2) is 0 Å². The molecule has 0 fully saturated rings. The van der Waals surface area contributed by atoms with Crippen molar-refractivity contribution in [3.05, 3.63) is 64.2 Å². The van der Waals surface area contributed by atoms with Crippen molar-refractivity contribution >= 4 is 5.97 Å². The van der Waals surface area contributed by atoms with E-state index in [-0.39, 0.29) is 16.8 Å². The predicted molar refractivity (Wildman–Crippen MR) is 113 cm³/mol. The first kappa shape index (κ1) is 20.4. The summed E-state index contributed by atoms with van der Waals surface area (Å²) in [6.45, 7) is 12.0. The van der Waals surface area contributed by atoms with E-state index in [0.717, 1.165) is 17.7 Å². The van der Waals surface area contributed by atoms with E-state index < -0.39 is 0 Å². The van der Waals surface area contributed by atoms with Crippen LogP contribution in [0.25, 0.3) is 0 Å². The third-order valence-electron chi connectivity index (χ3n) is 6.10. The van der Waals surface area contributed by atoms with Gasteiger partial charge >= 0.3 is 5.97 Å². The molecule has 0 atom stereocenters. The minimum atomic E-state index is -0.306. The van der Waals surface area contributed by atoms with Crippen LogP contribution in [0.4, 0.5) is 0 Å². The molecule has 0 aromatic heterocycles. The maximum absolute atomic E-state index is 11.7. The molecule has 1 aliphatic carbocycles. The monoisotopic (exact) mass is 380 g/mol. The molecule has 3 rings (SSSR count). The highest BCUT2D eigenvalue weighted by molar-refractivity contribution is 5.89. The normalized spacial score (nSPS) is 16.9. The molecule has 0 spiro atoms. The van der Waals surface area contributed by atoms with Crippen molar-refractivity contribution in [2.75, 3.05) is 13.7 Å². The molecule has 0 aliphatic heterocycles. The molecule has 0 N–H and O–H groups in total. The van der Waals surface area contributed by atoms with Gasteiger partial charge in [-0.25, -0.2) is 4.79 Å². The number of hydrogen-bond donors (Lipinski definition) is 0. The van der Waals surface area contributed by atoms with E-state index in [1.165, 1.54) is 36.6 Å². The summed E-state index contributed by atoms with van der Waals surface area (Å²) >= 11 is 0. The van der Waals surface area contributed by atoms with E-state index in [9.17, 15) is 4.79 Å². The van der Waals surface area contributed by atoms with Gasteiger partial charge in [-0.3, -0.25) is 0 Å². The van der Waals surface area contributed by atoms with E-state index >= 15 is 0 Å². The topological polar surface area (TPSA) is 35.5 Å². The van der Waals surface area contributed by atoms with Crippen molar-refractivity contribution in [2.24, 2.45) is 0 Å². The Labute approximate surface area is 169 Å². The Morgan fingerprint density at radius 3 is 2.07 bits per heavy atom. The van der Waals surface area contributed by atoms with E-state index in [1.807, 2.05) is 31.2 Å². The highest BCUT2D eigenvalue weighted by atomic mass is 16.5. The van der Waals surface area contributed by atoms with Crippen LogP contribution in [-0.4, -0.2) is 19.7 Å². The summed E-state index contributed by atoms with van der Waals surface area (Å²) in [5.74, 6) is 0.670. The molecule has 3 heteroatoms. The first-order valence-electron chi connectivity index (χ1n) is 10.2. The van der Waals surface area contributed by atoms with Crippen LogP contribution in [0.15, 0.2) is 36.4 Å². The van der Waals surface area contributed by atoms with E-state index in [4.69, 9.17) is 9.47 Å². The van der Waals surface area contributed by atoms with Crippen molar-refractivity contribution in [3.8, 4) is 5.75 Å². The first-order chi connectivity index (χ1) is 13.2. The van der Waals surface area contributed by atoms with Gasteiger partial charge in [0.05, 0.1) is 19.3 Å². The maximum atomic E-state index is 11.7. The molecule has 2 aromatic rings. The zero-order valence-corrected chi connectivity index (χ0v) is 18.0. The van der Waals surface area contributed by atoms with Crippen molar-refractivity contribution in [1.82, 2.24) is 0 Å². The second kappa shape index (κ2) is 7.62. The predicted octanol–water partition coefficient (Wildman–Crippen LogP) is 5.81. The number of carbonyl (C=O) groups is 1. The van der Waals surface area contributed by atoms with Crippen molar-refractivity contribution in [1.29, 1.82) is 0 Å². The van der Waals surface area contributed by atoms with Crippen LogP contribution in [0.5, 0.6) is 5.75 Å². The Morgan fingerprint density at radius 1 is 0.964 bits per heavy atom. The van der Waals surface area contributed by atoms with Crippen LogP contribution in [-0.2, 0) is 22.0 Å². The van der Waals surface area contributed by atoms with Crippen molar-refractivity contribution < 1.29 is 14.3 Å². The summed E-state index contributed by atoms with van der Waals surface area (Å²) in [6, 6.07) is 12.3. The van der Waals surface area contributed by atoms with Crippen molar-refractivity contribution in [2.45, 2.75) is 64.7 Å². The standard InChI is InChI=1S/C25H32O3/c1-7-28-22-16-21-20(24(2,3)12-13-25(21,4)5)15-19(22)14-17-8-10-18(11-9-17)23(26)27-6/h8-11,15-16H,7,12-14H2,1-6H3. The van der Waals surface area contributed by atoms with Gasteiger partial charge < -0.3 is 9.47 Å². The average Bonchev–Trinajstić information content (AvgIpc) is 2.66. The molecule has 0 radical (unpaired) electrons. The molecule has 28 heavy (non-hydrogen) atoms. The molecular formula is C25H32O3. The summed E-state index contributed by atoms with van der Waals surface area (Å²) in [5, 5.41) is 0. The quantitative estimate of drug-likeness (QED) is 0.614. The Hall–Kier alpha value is -2.29. The molecule has 0 saturated heterocycles. The Bertz CT molecular complexity index is 860. The number of rotatable bonds is 5. The van der Waals surface area contributed by atoms with E-state index in [0.29, 0.717) is 12.2 Å². The van der Waals surface area contributed by atoms with Crippen LogP contribution in [0.3, 0.4) is 0 Å². The minimum absolute atomic E-state index is 0.164. The average molecular weight is 381 g/mol. The van der Waals surface area contributed by atoms with Gasteiger partial charge in [0.2, 0.25) is 0 Å². The van der Waals surface area contributed by atoms with Gasteiger partial charge in [-0.05, 0) is 71.0 Å². The van der Waals surface area contributed by atoms with Gasteiger partial charge in [-0.2, -0.15) is 0 Å². The number of ether oxygens (including phenoxy) is 2. The lowest BCUT2D eigenvalue weighted by atomic mass is 9.63. The first-order valence-corrected chi connectivity index (χ1v) is 10.2. The number of hydrogen-bond acceptors (Lipinski definition) is 3. The summed E-state index contributed by atoms with van der Waals surface area (Å²) in [6.07, 6.45) is 3.15. The minimum Gasteiger partial charge on any atom is -0.494 e. The Kier molecular flexibility index (Phi) is 5.56. The highest BCUT2D eigenvalue weighted by Crippen LogP contribution is 2.47. The lowest BCUT2D eigenvalue weighted by Gasteiger charge is -2.42. The van der Waals surface area contributed by atoms with Crippen LogP contribution < -0.4 is 4.74 Å². The van der Waals surface area contributed by atoms with Gasteiger partial charge in [0.1, 0.15) is 5.75 Å². The summed E-state index contributed by atoms with van der Waals surface area (Å²) in [7, 11) is 1.40. The van der Waals surface area contributed by atoms with Gasteiger partial charge in [-0.15, -0.1) is 0 Å². The van der Waals surface area contributed by atoms with Crippen LogP contribution in [0, 0.1) is 0 Å². The number of methoxy groups -OCH3 is 1. The lowest BCUT2D eigenvalue weighted by Crippen LogP contribution is -2.34. The molecule has 3 nitrogen and oxygen atoms in total. The fourth-order valence-electron chi connectivity index (χ4n) is 4.16. The zero-order valence-electron chi connectivity index (χ0n) is 18.0. The lowest BCUT2D eigenvalue weighted by molar-refractivity contribution is 0.0600. The molecule has 0 saturated carbocycles. The molecule has 1 aliphatic rings. The van der Waals surface area contributed by atoms with Crippen LogP contribution >= 0.6 is 0 Å². The summed E-state index contributed by atoms with van der Waals surface area (Å²) < 4.78 is 10.8. The van der Waals surface area contributed by atoms with E-state index in [1.54, 1.807) is 0 Å². The highest BCUT2D eigenvalue weighted by Gasteiger charge is 2.37. The van der Waals surface area contributed by atoms with Gasteiger partial charge in [-0.1, -0.05) is 45.9 Å². The van der Waals surface area contributed by atoms with E-state index in [2.05, 4.69) is 39.8 Å². The molecule has 0 amide bonds. The van der Waals surface area contributed by atoms with Crippen LogP contribution in [0.2, 0.25) is 0 Å². The number of fused-ring (bicyclic) bond motifs is 1. The second-order valence-corrected chi connectivity index (χ2v) is 9.07. The Morgan fingerprint density at radius 2 is 1.54 bits per heavy atom. The smallest absolute Gasteiger partial charge is 0.337 e. The van der Waals surface area contributed by atoms with Crippen LogP contribution in [0.1, 0.15) is 80.1 Å². The molecule has 0 unspecified atom stereocenters. The second-order valence-electron chi connectivity index (χ2n) is 9.07. The fraction of sp³-hybridized carbons (Fsp3) is 0.480. The molecule has 0 bridgehead atoms. The number of carbonyl (C=O) groups excluding carboxylic acids is 1. The molecular weight excluding hydrogens is 348 g/mol. The molecule has 150 valence electrons. The van der Waals surface area contributed by atoms with Gasteiger partial charge in [0, 0.05) is 6.42 Å². The number of esters is 1. The zero-order chi connectivity index (χ0) is 20.5. The summed E-state index contributed by atoms with van der Waals surface area (Å²) in [5.41, 5.74) is 6.12. The molecule has 0 heterocycles. The third kappa shape index (κ3) is 3.94. The van der Waals surface area contributed by atoms with Crippen molar-refractivity contribution in [3.63, 3.8) is 0 Å². The fourth-order valence-corrected chi connectivity index (χ4v) is 4.16. The largest absolute Gasteiger partial charge is 0.494 e. The molecule has 2 aromatic carbocycles. The SMILES string of the molecule is CCOc1cc2c(cc1Cc1ccc(C(=O)OC)cc1)C(C)(C)CCC2(C)C. The van der Waals surface area contributed by atoms with Gasteiger partial charge in [0.25, 0.3) is 0 Å². The summed E-state index contributed by atoms with van der Waals surface area (Å²) in [4.78, 5) is 11.7. The third-order valence-corrected chi connectivity index (χ3v) is 6.10. The number of benzene rings is 2. The Balaban J connectivity index is 2.02. The maximum Gasteiger partial charge on any atom is 0.337 e.